The molecule has 0 aliphatic rings. The molecule has 0 aromatic heterocycles. The Morgan fingerprint density at radius 1 is 0.425 bits per heavy atom. The van der Waals surface area contributed by atoms with E-state index in [2.05, 4.69) is 16.0 Å². The highest BCUT2D eigenvalue weighted by Gasteiger charge is 2.23. The molecule has 0 unspecified atom stereocenters. The highest BCUT2D eigenvalue weighted by atomic mass is 16.3. The van der Waals surface area contributed by atoms with Crippen molar-refractivity contribution in [2.24, 2.45) is 0 Å². The molecule has 0 atom stereocenters. The topological polar surface area (TPSA) is 269 Å². The van der Waals surface area contributed by atoms with Gasteiger partial charge >= 0.3 is 0 Å². The molecule has 27 heteroatoms. The lowest BCUT2D eigenvalue weighted by Gasteiger charge is -2.21. The fourth-order valence-corrected chi connectivity index (χ4v) is 7.55. The third-order valence-corrected chi connectivity index (χ3v) is 11.7. The van der Waals surface area contributed by atoms with E-state index in [1.165, 1.54) is 77.8 Å². The second-order valence-electron chi connectivity index (χ2n) is 16.8. The van der Waals surface area contributed by atoms with Crippen LogP contribution in [0.1, 0.15) is 70.0 Å². The summed E-state index contributed by atoms with van der Waals surface area (Å²) in [6, 6.07) is 12.8. The van der Waals surface area contributed by atoms with Crippen molar-refractivity contribution in [3.63, 3.8) is 0 Å². The molecule has 6 aromatic rings. The van der Waals surface area contributed by atoms with Crippen LogP contribution in [-0.2, 0) is 0 Å². The summed E-state index contributed by atoms with van der Waals surface area (Å²) in [5.41, 5.74) is 5.90. The highest BCUT2D eigenvalue weighted by molar-refractivity contribution is 7.36. The second kappa shape index (κ2) is 24.4. The van der Waals surface area contributed by atoms with Gasteiger partial charge in [-0.05, 0) is 131 Å². The van der Waals surface area contributed by atoms with Crippen LogP contribution in [0.25, 0.3) is 0 Å². The Labute approximate surface area is 435 Å². The van der Waals surface area contributed by atoms with Gasteiger partial charge in [-0.2, -0.15) is 0 Å². The number of benzene rings is 6. The molecule has 0 aliphatic carbocycles. The molecule has 3 amide bonds. The Balaban J connectivity index is 0.000000238. The first-order chi connectivity index (χ1) is 34.1. The van der Waals surface area contributed by atoms with Crippen molar-refractivity contribution in [2.75, 3.05) is 16.0 Å². The largest absolute Gasteiger partial charge is 0.508 e. The number of nitrogens with one attached hydrogen (secondary N) is 3. The second-order valence-corrected chi connectivity index (χ2v) is 16.8. The Morgan fingerprint density at radius 3 is 1.34 bits per heavy atom. The lowest BCUT2D eigenvalue weighted by Crippen LogP contribution is -2.39. The van der Waals surface area contributed by atoms with Crippen LogP contribution in [0.4, 0.5) is 17.1 Å². The summed E-state index contributed by atoms with van der Waals surface area (Å²) in [4.78, 5) is 37.5. The summed E-state index contributed by atoms with van der Waals surface area (Å²) < 4.78 is 0. The van der Waals surface area contributed by atoms with Crippen molar-refractivity contribution in [3.05, 3.63) is 110 Å². The van der Waals surface area contributed by atoms with Crippen LogP contribution in [-0.4, -0.2) is 152 Å². The van der Waals surface area contributed by atoms with E-state index in [4.69, 9.17) is 54.2 Å². The fraction of sp³-hybridized carbons (Fsp3) is 0.152. The van der Waals surface area contributed by atoms with Crippen molar-refractivity contribution in [1.82, 2.24) is 0 Å². The number of hydrogen-bond acceptors (Lipinski definition) is 12. The predicted molar refractivity (Wildman–Crippen MR) is 298 cm³/mol. The third-order valence-electron chi connectivity index (χ3n) is 11.7. The van der Waals surface area contributed by atoms with Crippen LogP contribution in [0.15, 0.2) is 54.6 Å². The molecule has 0 saturated heterocycles. The Kier molecular flexibility index (Phi) is 19.5. The molecule has 6 aromatic carbocycles. The van der Waals surface area contributed by atoms with E-state index >= 15 is 0 Å². The number of phenols is 9. The monoisotopic (exact) mass is 960 g/mol. The van der Waals surface area contributed by atoms with Gasteiger partial charge in [-0.3, -0.25) is 14.4 Å². The fourth-order valence-electron chi connectivity index (χ4n) is 7.55. The molecule has 17 radical (unpaired) electrons. The number of carbonyl (C=O) groups excluding carboxylic acids is 3. The minimum atomic E-state index is -0.945. The van der Waals surface area contributed by atoms with Gasteiger partial charge in [0.1, 0.15) is 38.8 Å². The van der Waals surface area contributed by atoms with Crippen molar-refractivity contribution in [2.45, 2.75) is 48.5 Å². The number of rotatable bonds is 11. The predicted octanol–water partition coefficient (Wildman–Crippen LogP) is -0.371. The van der Waals surface area contributed by atoms with E-state index in [1.807, 2.05) is 0 Å². The third kappa shape index (κ3) is 13.0. The van der Waals surface area contributed by atoms with Gasteiger partial charge in [0.2, 0.25) is 0 Å². The Hall–Kier alpha value is -7.29. The molecule has 0 bridgehead atoms. The standard InChI is InChI=1S/C16H15B5NO4.C15H13B5NO4.C15H14B2NO4/c1-6-4-9(7(2)15(25)13(6)23)16(26)22-11-5-10(20-17)14(24)8(3)12(11)21(18)19;1-6-3-8(4-11(22)13(6)23)15(25)21-10-5-9(19-16)14(24)7(2)12(10)20(17)18;1-7-5-9(6-11(17-16)13(7)20)18-15(22)10-3-4-12(19)14(21)8(10)2/h4-5,23-25H,1-3H3,(H,22,26);3-5,22-24H,1-2H3,(H,21,25);3-6,19-21H,1-2H3,(H,18,22). The van der Waals surface area contributed by atoms with Crippen molar-refractivity contribution < 1.29 is 60.3 Å². The summed E-state index contributed by atoms with van der Waals surface area (Å²) in [6.07, 6.45) is 0. The molecular formula is C46H42B12N3O12. The van der Waals surface area contributed by atoms with Crippen LogP contribution in [0.5, 0.6) is 51.7 Å². The first-order valence-corrected chi connectivity index (χ1v) is 21.9. The van der Waals surface area contributed by atoms with Crippen LogP contribution < -0.4 is 43.3 Å². The van der Waals surface area contributed by atoms with Crippen LogP contribution in [0, 0.1) is 48.5 Å². The number of hydrogen-bond donors (Lipinski definition) is 12. The lowest BCUT2D eigenvalue weighted by molar-refractivity contribution is 0.101. The van der Waals surface area contributed by atoms with Gasteiger partial charge in [-0.25, -0.2) is 0 Å². The average molecular weight is 959 g/mol. The maximum absolute atomic E-state index is 12.7. The molecule has 0 saturated carbocycles. The van der Waals surface area contributed by atoms with E-state index in [0.717, 1.165) is 6.07 Å². The summed E-state index contributed by atoms with van der Waals surface area (Å²) >= 11 is 0. The highest BCUT2D eigenvalue weighted by Crippen LogP contribution is 2.35. The first kappa shape index (κ1) is 58.3. The number of aryl methyl sites for hydroxylation is 3. The van der Waals surface area contributed by atoms with Crippen LogP contribution >= 0.6 is 0 Å². The molecule has 0 fully saturated rings. The van der Waals surface area contributed by atoms with Crippen molar-refractivity contribution in [1.29, 1.82) is 0 Å². The maximum atomic E-state index is 12.7. The average Bonchev–Trinajstić information content (AvgIpc) is 3.33. The van der Waals surface area contributed by atoms with E-state index in [1.54, 1.807) is 40.7 Å². The summed E-state index contributed by atoms with van der Waals surface area (Å²) in [5, 5.41) is 96.2. The Bertz CT molecular complexity index is 3100. The summed E-state index contributed by atoms with van der Waals surface area (Å²) in [6.45, 7) is 9.19. The van der Waals surface area contributed by atoms with E-state index in [9.17, 15) is 60.3 Å². The van der Waals surface area contributed by atoms with E-state index in [0.29, 0.717) is 66.5 Å². The SMILES string of the molecule is [B][B]c1cc(NC(=O)c2cc(C)c(O)c(O)c2)c(B([B])[B])c(C)c1O.[B][B]c1cc(NC(=O)c2cc(C)c(O)c(O)c2C)c(B([B])[B])c(C)c1O.[B][B]c1cc(NC(=O)c2ccc(O)c(O)c2C)cc(C)c1O. The Morgan fingerprint density at radius 2 is 0.863 bits per heavy atom. The van der Waals surface area contributed by atoms with Gasteiger partial charge in [0, 0.05) is 99.0 Å². The number of carbonyl (C=O) groups is 3. The molecule has 15 nitrogen and oxygen atoms in total. The zero-order valence-electron chi connectivity index (χ0n) is 40.9. The van der Waals surface area contributed by atoms with Gasteiger partial charge in [0.25, 0.3) is 17.7 Å². The summed E-state index contributed by atoms with van der Waals surface area (Å²) in [5.74, 6) is -3.55. The van der Waals surface area contributed by atoms with Gasteiger partial charge in [-0.1, -0.05) is 27.3 Å². The molecule has 12 N–H and O–H groups in total. The first-order valence-electron chi connectivity index (χ1n) is 21.9. The minimum absolute atomic E-state index is 0.0546. The van der Waals surface area contributed by atoms with E-state index < -0.39 is 36.5 Å². The molecule has 0 aliphatic heterocycles. The van der Waals surface area contributed by atoms with Gasteiger partial charge < -0.3 is 61.9 Å². The minimum Gasteiger partial charge on any atom is -0.508 e. The maximum Gasteiger partial charge on any atom is 0.256 e. The quantitative estimate of drug-likeness (QED) is 0.0451. The molecule has 0 spiro atoms. The summed E-state index contributed by atoms with van der Waals surface area (Å²) in [7, 11) is 43.2. The van der Waals surface area contributed by atoms with E-state index in [-0.39, 0.29) is 79.5 Å². The number of phenolic OH excluding ortho intramolecular Hbond substituents is 9. The van der Waals surface area contributed by atoms with Gasteiger partial charge in [0.05, 0.1) is 13.0 Å². The molecule has 0 heterocycles. The normalized spacial score (nSPS) is 10.3. The molecule has 6 rings (SSSR count). The van der Waals surface area contributed by atoms with Crippen LogP contribution in [0.3, 0.4) is 0 Å². The zero-order valence-corrected chi connectivity index (χ0v) is 40.9. The zero-order chi connectivity index (χ0) is 55.1. The number of amides is 3. The molecule has 73 heavy (non-hydrogen) atoms. The molecule has 349 valence electrons. The smallest absolute Gasteiger partial charge is 0.256 e. The van der Waals surface area contributed by atoms with Gasteiger partial charge in [0.15, 0.2) is 34.5 Å². The number of anilines is 3. The lowest BCUT2D eigenvalue weighted by atomic mass is 9.16. The number of aromatic hydroxyl groups is 9. The van der Waals surface area contributed by atoms with Crippen molar-refractivity contribution in [3.8, 4) is 51.7 Å². The van der Waals surface area contributed by atoms with Crippen LogP contribution in [0.2, 0.25) is 0 Å². The van der Waals surface area contributed by atoms with Gasteiger partial charge in [-0.15, -0.1) is 0 Å². The molecular weight excluding hydrogens is 916 g/mol. The van der Waals surface area contributed by atoms with Crippen molar-refractivity contribution >= 4 is 151 Å².